The number of carbonyl (C=O) groups is 2. The fourth-order valence-electron chi connectivity index (χ4n) is 2.57. The van der Waals surface area contributed by atoms with E-state index in [2.05, 4.69) is 15.3 Å². The van der Waals surface area contributed by atoms with Crippen LogP contribution in [0.25, 0.3) is 6.08 Å². The largest absolute Gasteiger partial charge is 0.480 e. The molecule has 2 rings (SSSR count). The lowest BCUT2D eigenvalue weighted by atomic mass is 10.1. The van der Waals surface area contributed by atoms with Crippen molar-refractivity contribution < 1.29 is 23.8 Å². The molecular formula is C17H24N4O5. The van der Waals surface area contributed by atoms with Crippen LogP contribution in [0.1, 0.15) is 25.3 Å². The average Bonchev–Trinajstić information content (AvgIpc) is 2.67. The van der Waals surface area contributed by atoms with Crippen molar-refractivity contribution in [2.24, 2.45) is 0 Å². The molecule has 0 saturated carbocycles. The standard InChI is InChI=1S/C17H24N4O5/c1-4-26-17(23)21-9-7-13(8-10-21)19-14(22)6-5-12-11-18-16(25-3)20-15(12)24-2/h5-6,11,13H,4,7-10H2,1-3H3,(H,19,22). The Morgan fingerprint density at radius 1 is 1.31 bits per heavy atom. The smallest absolute Gasteiger partial charge is 0.409 e. The quantitative estimate of drug-likeness (QED) is 0.758. The van der Waals surface area contributed by atoms with Gasteiger partial charge in [0, 0.05) is 31.4 Å². The lowest BCUT2D eigenvalue weighted by Crippen LogP contribution is -2.46. The molecule has 1 fully saturated rings. The van der Waals surface area contributed by atoms with E-state index in [4.69, 9.17) is 14.2 Å². The van der Waals surface area contributed by atoms with Gasteiger partial charge in [-0.25, -0.2) is 9.78 Å². The van der Waals surface area contributed by atoms with E-state index < -0.39 is 0 Å². The lowest BCUT2D eigenvalue weighted by molar-refractivity contribution is -0.117. The summed E-state index contributed by atoms with van der Waals surface area (Å²) in [6.07, 6.45) is 5.59. The normalized spacial score (nSPS) is 15.0. The predicted molar refractivity (Wildman–Crippen MR) is 93.9 cm³/mol. The number of likely N-dealkylation sites (tertiary alicyclic amines) is 1. The summed E-state index contributed by atoms with van der Waals surface area (Å²) >= 11 is 0. The molecule has 1 saturated heterocycles. The Labute approximate surface area is 152 Å². The summed E-state index contributed by atoms with van der Waals surface area (Å²) in [5, 5.41) is 2.93. The third-order valence-corrected chi connectivity index (χ3v) is 3.92. The minimum absolute atomic E-state index is 0.0202. The van der Waals surface area contributed by atoms with Crippen molar-refractivity contribution in [2.45, 2.75) is 25.8 Å². The highest BCUT2D eigenvalue weighted by atomic mass is 16.6. The molecule has 2 amide bonds. The number of rotatable bonds is 6. The van der Waals surface area contributed by atoms with E-state index in [-0.39, 0.29) is 24.1 Å². The van der Waals surface area contributed by atoms with E-state index in [9.17, 15) is 9.59 Å². The van der Waals surface area contributed by atoms with Crippen molar-refractivity contribution in [1.82, 2.24) is 20.2 Å². The van der Waals surface area contributed by atoms with Crippen LogP contribution < -0.4 is 14.8 Å². The molecule has 0 bridgehead atoms. The molecule has 2 heterocycles. The van der Waals surface area contributed by atoms with Crippen LogP contribution in [0.15, 0.2) is 12.3 Å². The van der Waals surface area contributed by atoms with Crippen LogP contribution in [0.2, 0.25) is 0 Å². The number of hydrogen-bond donors (Lipinski definition) is 1. The van der Waals surface area contributed by atoms with Gasteiger partial charge in [0.2, 0.25) is 11.8 Å². The highest BCUT2D eigenvalue weighted by Crippen LogP contribution is 2.18. The second-order valence-electron chi connectivity index (χ2n) is 5.62. The molecule has 0 unspecified atom stereocenters. The SMILES string of the molecule is CCOC(=O)N1CCC(NC(=O)C=Cc2cnc(OC)nc2OC)CC1. The summed E-state index contributed by atoms with van der Waals surface area (Å²) < 4.78 is 15.1. The molecule has 1 aromatic rings. The Bertz CT molecular complexity index is 657. The first-order chi connectivity index (χ1) is 12.6. The minimum atomic E-state index is -0.302. The first kappa shape index (κ1) is 19.5. The molecule has 1 aromatic heterocycles. The zero-order valence-corrected chi connectivity index (χ0v) is 15.2. The van der Waals surface area contributed by atoms with Gasteiger partial charge in [0.05, 0.1) is 26.4 Å². The van der Waals surface area contributed by atoms with Crippen molar-refractivity contribution in [1.29, 1.82) is 0 Å². The summed E-state index contributed by atoms with van der Waals surface area (Å²) in [7, 11) is 2.95. The van der Waals surface area contributed by atoms with Gasteiger partial charge in [0.25, 0.3) is 0 Å². The van der Waals surface area contributed by atoms with Crippen LogP contribution in [0, 0.1) is 0 Å². The minimum Gasteiger partial charge on any atom is -0.480 e. The molecule has 0 aromatic carbocycles. The van der Waals surface area contributed by atoms with Crippen molar-refractivity contribution in [3.63, 3.8) is 0 Å². The number of methoxy groups -OCH3 is 2. The summed E-state index contributed by atoms with van der Waals surface area (Å²) in [5.41, 5.74) is 0.570. The zero-order chi connectivity index (χ0) is 18.9. The maximum atomic E-state index is 12.1. The van der Waals surface area contributed by atoms with E-state index >= 15 is 0 Å². The van der Waals surface area contributed by atoms with E-state index in [0.717, 1.165) is 0 Å². The van der Waals surface area contributed by atoms with Crippen LogP contribution in [-0.2, 0) is 9.53 Å². The molecule has 142 valence electrons. The fourth-order valence-corrected chi connectivity index (χ4v) is 2.57. The van der Waals surface area contributed by atoms with Crippen LogP contribution in [-0.4, -0.2) is 66.8 Å². The predicted octanol–water partition coefficient (Wildman–Crippen LogP) is 1.24. The third kappa shape index (κ3) is 5.33. The van der Waals surface area contributed by atoms with Crippen LogP contribution in [0.4, 0.5) is 4.79 Å². The molecule has 9 heteroatoms. The maximum absolute atomic E-state index is 12.1. The van der Waals surface area contributed by atoms with Gasteiger partial charge in [-0.3, -0.25) is 4.79 Å². The Morgan fingerprint density at radius 2 is 2.04 bits per heavy atom. The van der Waals surface area contributed by atoms with Gasteiger partial charge < -0.3 is 24.4 Å². The molecule has 1 N–H and O–H groups in total. The third-order valence-electron chi connectivity index (χ3n) is 3.92. The number of carbonyl (C=O) groups excluding carboxylic acids is 2. The molecule has 1 aliphatic heterocycles. The Morgan fingerprint density at radius 3 is 2.65 bits per heavy atom. The molecular weight excluding hydrogens is 340 g/mol. The monoisotopic (exact) mass is 364 g/mol. The van der Waals surface area contributed by atoms with Crippen molar-refractivity contribution >= 4 is 18.1 Å². The Balaban J connectivity index is 1.86. The number of amides is 2. The van der Waals surface area contributed by atoms with Gasteiger partial charge in [-0.05, 0) is 25.8 Å². The molecule has 0 aliphatic carbocycles. The molecule has 26 heavy (non-hydrogen) atoms. The first-order valence-electron chi connectivity index (χ1n) is 8.42. The fraction of sp³-hybridized carbons (Fsp3) is 0.529. The summed E-state index contributed by atoms with van der Waals surface area (Å²) in [6.45, 7) is 3.26. The number of hydrogen-bond acceptors (Lipinski definition) is 7. The highest BCUT2D eigenvalue weighted by molar-refractivity contribution is 5.92. The number of nitrogens with one attached hydrogen (secondary N) is 1. The highest BCUT2D eigenvalue weighted by Gasteiger charge is 2.24. The van der Waals surface area contributed by atoms with Crippen LogP contribution in [0.3, 0.4) is 0 Å². The summed E-state index contributed by atoms with van der Waals surface area (Å²) in [6, 6.07) is 0.212. The van der Waals surface area contributed by atoms with Crippen LogP contribution >= 0.6 is 0 Å². The Hall–Kier alpha value is -2.84. The van der Waals surface area contributed by atoms with Crippen molar-refractivity contribution in [2.75, 3.05) is 33.9 Å². The average molecular weight is 364 g/mol. The van der Waals surface area contributed by atoms with Gasteiger partial charge in [-0.2, -0.15) is 4.98 Å². The van der Waals surface area contributed by atoms with Crippen LogP contribution in [0.5, 0.6) is 11.9 Å². The lowest BCUT2D eigenvalue weighted by Gasteiger charge is -2.31. The van der Waals surface area contributed by atoms with Crippen molar-refractivity contribution in [3.05, 3.63) is 17.8 Å². The zero-order valence-electron chi connectivity index (χ0n) is 15.2. The summed E-state index contributed by atoms with van der Waals surface area (Å²) in [4.78, 5) is 33.5. The second kappa shape index (κ2) is 9.59. The Kier molecular flexibility index (Phi) is 7.19. The summed E-state index contributed by atoms with van der Waals surface area (Å²) in [5.74, 6) is 0.0982. The van der Waals surface area contributed by atoms with Gasteiger partial charge in [-0.1, -0.05) is 0 Å². The molecule has 0 radical (unpaired) electrons. The number of piperidine rings is 1. The van der Waals surface area contributed by atoms with Gasteiger partial charge in [-0.15, -0.1) is 0 Å². The van der Waals surface area contributed by atoms with E-state index in [0.29, 0.717) is 44.0 Å². The number of nitrogens with zero attached hydrogens (tertiary/aromatic N) is 3. The van der Waals surface area contributed by atoms with Crippen molar-refractivity contribution in [3.8, 4) is 11.9 Å². The maximum Gasteiger partial charge on any atom is 0.409 e. The number of ether oxygens (including phenoxy) is 3. The first-order valence-corrected chi connectivity index (χ1v) is 8.42. The van der Waals surface area contributed by atoms with Gasteiger partial charge >= 0.3 is 12.1 Å². The van der Waals surface area contributed by atoms with Gasteiger partial charge in [0.15, 0.2) is 0 Å². The van der Waals surface area contributed by atoms with E-state index in [1.54, 1.807) is 17.9 Å². The molecule has 1 aliphatic rings. The molecule has 0 spiro atoms. The van der Waals surface area contributed by atoms with Gasteiger partial charge in [0.1, 0.15) is 0 Å². The topological polar surface area (TPSA) is 103 Å². The molecule has 9 nitrogen and oxygen atoms in total. The number of aromatic nitrogens is 2. The van der Waals surface area contributed by atoms with E-state index in [1.165, 1.54) is 26.5 Å². The molecule has 0 atom stereocenters. The second-order valence-corrected chi connectivity index (χ2v) is 5.62. The van der Waals surface area contributed by atoms with E-state index in [1.807, 2.05) is 0 Å².